The number of nitrogens with zero attached hydrogens (tertiary/aromatic N) is 3. The molecule has 0 saturated heterocycles. The molecule has 1 atom stereocenters. The van der Waals surface area contributed by atoms with Crippen molar-refractivity contribution in [1.29, 1.82) is 0 Å². The third kappa shape index (κ3) is 2.42. The van der Waals surface area contributed by atoms with E-state index in [1.165, 1.54) is 22.9 Å². The normalized spacial score (nSPS) is 12.8. The Morgan fingerprint density at radius 1 is 1.29 bits per heavy atom. The van der Waals surface area contributed by atoms with Crippen molar-refractivity contribution in [1.82, 2.24) is 14.5 Å². The van der Waals surface area contributed by atoms with Crippen molar-refractivity contribution >= 4 is 38.7 Å². The molecule has 0 aliphatic heterocycles. The lowest BCUT2D eigenvalue weighted by molar-refractivity contribution is 0.565. The molecule has 0 aliphatic rings. The van der Waals surface area contributed by atoms with Gasteiger partial charge in [-0.25, -0.2) is 18.7 Å². The number of rotatable bonds is 2. The van der Waals surface area contributed by atoms with Crippen LogP contribution in [0.4, 0.5) is 8.78 Å². The molecule has 3 nitrogen and oxygen atoms in total. The van der Waals surface area contributed by atoms with Crippen molar-refractivity contribution in [2.24, 2.45) is 0 Å². The molecular weight excluding hydrogens is 364 g/mol. The van der Waals surface area contributed by atoms with Gasteiger partial charge < -0.3 is 0 Å². The minimum Gasteiger partial charge on any atom is -0.274 e. The summed E-state index contributed by atoms with van der Waals surface area (Å²) in [4.78, 5) is 8.48. The van der Waals surface area contributed by atoms with Crippen LogP contribution >= 0.6 is 27.5 Å². The highest BCUT2D eigenvalue weighted by Gasteiger charge is 2.22. The summed E-state index contributed by atoms with van der Waals surface area (Å²) in [5, 5.41) is -0.526. The first-order valence-corrected chi connectivity index (χ1v) is 7.34. The Morgan fingerprint density at radius 3 is 2.57 bits per heavy atom. The van der Waals surface area contributed by atoms with Gasteiger partial charge in [0.2, 0.25) is 0 Å². The van der Waals surface area contributed by atoms with Crippen LogP contribution in [0.3, 0.4) is 0 Å². The minimum atomic E-state index is -0.717. The van der Waals surface area contributed by atoms with E-state index in [0.717, 1.165) is 0 Å². The van der Waals surface area contributed by atoms with Crippen LogP contribution in [0.15, 0.2) is 34.9 Å². The van der Waals surface area contributed by atoms with E-state index in [9.17, 15) is 8.78 Å². The van der Waals surface area contributed by atoms with E-state index in [2.05, 4.69) is 25.9 Å². The van der Waals surface area contributed by atoms with Crippen LogP contribution in [0.5, 0.6) is 0 Å². The van der Waals surface area contributed by atoms with Gasteiger partial charge in [-0.1, -0.05) is 15.9 Å². The molecule has 0 fully saturated rings. The van der Waals surface area contributed by atoms with Crippen molar-refractivity contribution in [3.05, 3.63) is 52.4 Å². The van der Waals surface area contributed by atoms with E-state index in [4.69, 9.17) is 11.6 Å². The molecule has 0 radical (unpaired) electrons. The first-order chi connectivity index (χ1) is 9.99. The summed E-state index contributed by atoms with van der Waals surface area (Å²) in [6, 6.07) is 5.80. The zero-order chi connectivity index (χ0) is 15.1. The molecule has 0 bridgehead atoms. The maximum absolute atomic E-state index is 14.3. The van der Waals surface area contributed by atoms with Gasteiger partial charge in [0.25, 0.3) is 0 Å². The second kappa shape index (κ2) is 5.35. The van der Waals surface area contributed by atoms with E-state index >= 15 is 0 Å². The highest BCUT2D eigenvalue weighted by Crippen LogP contribution is 2.31. The number of hydrogen-bond donors (Lipinski definition) is 0. The van der Waals surface area contributed by atoms with Crippen LogP contribution in [-0.2, 0) is 0 Å². The maximum atomic E-state index is 14.3. The summed E-state index contributed by atoms with van der Waals surface area (Å²) in [7, 11) is 0. The molecule has 7 heteroatoms. The largest absolute Gasteiger partial charge is 0.274 e. The van der Waals surface area contributed by atoms with E-state index in [-0.39, 0.29) is 5.69 Å². The fourth-order valence-corrected chi connectivity index (χ4v) is 2.71. The molecule has 1 unspecified atom stereocenters. The number of benzene rings is 1. The van der Waals surface area contributed by atoms with Gasteiger partial charge in [-0.2, -0.15) is 0 Å². The Hall–Kier alpha value is -1.53. The highest BCUT2D eigenvalue weighted by molar-refractivity contribution is 9.10. The van der Waals surface area contributed by atoms with E-state index in [1.807, 2.05) is 0 Å². The smallest absolute Gasteiger partial charge is 0.164 e. The van der Waals surface area contributed by atoms with Gasteiger partial charge in [0, 0.05) is 10.7 Å². The van der Waals surface area contributed by atoms with E-state index in [1.54, 1.807) is 19.1 Å². The second-order valence-electron chi connectivity index (χ2n) is 4.49. The Bertz CT molecular complexity index is 809. The van der Waals surface area contributed by atoms with Crippen LogP contribution in [0.2, 0.25) is 0 Å². The molecule has 0 saturated carbocycles. The molecule has 0 N–H and O–H groups in total. The quantitative estimate of drug-likeness (QED) is 0.607. The molecule has 2 aromatic heterocycles. The summed E-state index contributed by atoms with van der Waals surface area (Å²) in [5.41, 5.74) is 0.656. The third-order valence-electron chi connectivity index (χ3n) is 3.00. The van der Waals surface area contributed by atoms with Gasteiger partial charge in [-0.3, -0.25) is 4.57 Å². The number of pyridine rings is 1. The van der Waals surface area contributed by atoms with Crippen LogP contribution in [0.25, 0.3) is 16.9 Å². The summed E-state index contributed by atoms with van der Waals surface area (Å²) < 4.78 is 30.2. The van der Waals surface area contributed by atoms with E-state index < -0.39 is 17.0 Å². The number of fused-ring (bicyclic) bond motifs is 1. The van der Waals surface area contributed by atoms with Gasteiger partial charge in [0.05, 0.1) is 5.38 Å². The molecule has 3 rings (SSSR count). The van der Waals surface area contributed by atoms with Crippen molar-refractivity contribution in [2.45, 2.75) is 12.3 Å². The third-order valence-corrected chi connectivity index (χ3v) is 3.66. The molecular formula is C14H9BrClF2N3. The summed E-state index contributed by atoms with van der Waals surface area (Å²) >= 11 is 9.16. The SMILES string of the molecule is CC(Cl)c1nc2cccnc2n1-c1c(F)cc(Br)cc1F. The van der Waals surface area contributed by atoms with Crippen LogP contribution in [0.1, 0.15) is 18.1 Å². The highest BCUT2D eigenvalue weighted by atomic mass is 79.9. The number of aromatic nitrogens is 3. The zero-order valence-electron chi connectivity index (χ0n) is 10.8. The lowest BCUT2D eigenvalue weighted by atomic mass is 10.2. The number of hydrogen-bond acceptors (Lipinski definition) is 2. The van der Waals surface area contributed by atoms with Crippen LogP contribution in [-0.4, -0.2) is 14.5 Å². The topological polar surface area (TPSA) is 30.7 Å². The Kier molecular flexibility index (Phi) is 3.67. The van der Waals surface area contributed by atoms with Gasteiger partial charge in [-0.15, -0.1) is 11.6 Å². The monoisotopic (exact) mass is 371 g/mol. The maximum Gasteiger partial charge on any atom is 0.164 e. The summed E-state index contributed by atoms with van der Waals surface area (Å²) in [5.74, 6) is -1.10. The lowest BCUT2D eigenvalue weighted by Gasteiger charge is -2.12. The molecule has 21 heavy (non-hydrogen) atoms. The van der Waals surface area contributed by atoms with Crippen molar-refractivity contribution in [3.63, 3.8) is 0 Å². The Balaban J connectivity index is 2.42. The van der Waals surface area contributed by atoms with Crippen molar-refractivity contribution < 1.29 is 8.78 Å². The predicted molar refractivity (Wildman–Crippen MR) is 80.7 cm³/mol. The molecule has 0 aliphatic carbocycles. The number of imidazole rings is 1. The molecule has 108 valence electrons. The second-order valence-corrected chi connectivity index (χ2v) is 6.06. The van der Waals surface area contributed by atoms with Crippen molar-refractivity contribution in [2.75, 3.05) is 0 Å². The minimum absolute atomic E-state index is 0.234. The number of alkyl halides is 1. The summed E-state index contributed by atoms with van der Waals surface area (Å²) in [6.07, 6.45) is 1.54. The lowest BCUT2D eigenvalue weighted by Crippen LogP contribution is -2.07. The van der Waals surface area contributed by atoms with E-state index in [0.29, 0.717) is 21.5 Å². The fourth-order valence-electron chi connectivity index (χ4n) is 2.17. The molecule has 2 heterocycles. The van der Waals surface area contributed by atoms with Gasteiger partial charge in [0.1, 0.15) is 17.0 Å². The van der Waals surface area contributed by atoms with Gasteiger partial charge >= 0.3 is 0 Å². The average Bonchev–Trinajstić information content (AvgIpc) is 2.77. The van der Waals surface area contributed by atoms with Crippen molar-refractivity contribution in [3.8, 4) is 5.69 Å². The molecule has 1 aromatic carbocycles. The van der Waals surface area contributed by atoms with Gasteiger partial charge in [-0.05, 0) is 31.2 Å². The van der Waals surface area contributed by atoms with Crippen LogP contribution < -0.4 is 0 Å². The van der Waals surface area contributed by atoms with Gasteiger partial charge in [0.15, 0.2) is 17.3 Å². The predicted octanol–water partition coefficient (Wildman–Crippen LogP) is 4.76. The Labute approximate surface area is 132 Å². The molecule has 3 aromatic rings. The Morgan fingerprint density at radius 2 is 1.95 bits per heavy atom. The molecule has 0 amide bonds. The number of halogens is 4. The molecule has 0 spiro atoms. The fraction of sp³-hybridized carbons (Fsp3) is 0.143. The van der Waals surface area contributed by atoms with Crippen LogP contribution in [0, 0.1) is 11.6 Å². The summed E-state index contributed by atoms with van der Waals surface area (Å²) in [6.45, 7) is 1.69. The first kappa shape index (κ1) is 14.4. The first-order valence-electron chi connectivity index (χ1n) is 6.11. The standard InChI is InChI=1S/C14H9BrClF2N3/c1-7(16)13-20-11-3-2-4-19-14(11)21(13)12-9(17)5-8(15)6-10(12)18/h2-7H,1H3. The zero-order valence-corrected chi connectivity index (χ0v) is 13.2. The average molecular weight is 373 g/mol.